The molecule has 0 saturated carbocycles. The molecule has 1 aromatic heterocycles. The van der Waals surface area contributed by atoms with E-state index in [2.05, 4.69) is 20.6 Å². The van der Waals surface area contributed by atoms with Crippen LogP contribution in [0.3, 0.4) is 0 Å². The quantitative estimate of drug-likeness (QED) is 0.207. The van der Waals surface area contributed by atoms with Gasteiger partial charge in [0, 0.05) is 5.56 Å². The Hall–Kier alpha value is -5.09. The number of aliphatic imine (C=N–C) groups is 1. The van der Waals surface area contributed by atoms with Crippen molar-refractivity contribution < 1.29 is 9.53 Å². The number of benzene rings is 2. The molecule has 0 amide bonds. The molecule has 0 bridgehead atoms. The number of carbonyl (C=O) groups excluding carboxylic acids is 1. The molecule has 1 aliphatic heterocycles. The molecule has 1 atom stereocenters. The Kier molecular flexibility index (Phi) is 5.49. The van der Waals surface area contributed by atoms with Gasteiger partial charge in [-0.15, -0.1) is 0 Å². The summed E-state index contributed by atoms with van der Waals surface area (Å²) in [7, 11) is 0. The predicted molar refractivity (Wildman–Crippen MR) is 122 cm³/mol. The number of rotatable bonds is 3. The van der Waals surface area contributed by atoms with Gasteiger partial charge in [-0.05, 0) is 36.8 Å². The lowest BCUT2D eigenvalue weighted by Gasteiger charge is -2.26. The summed E-state index contributed by atoms with van der Waals surface area (Å²) >= 11 is 0. The summed E-state index contributed by atoms with van der Waals surface area (Å²) in [5.74, 6) is 0.282. The lowest BCUT2D eigenvalue weighted by Crippen LogP contribution is -2.32. The average molecular weight is 438 g/mol. The summed E-state index contributed by atoms with van der Waals surface area (Å²) in [6, 6.07) is 15.0. The Labute approximate surface area is 189 Å². The highest BCUT2D eigenvalue weighted by molar-refractivity contribution is 5.98. The summed E-state index contributed by atoms with van der Waals surface area (Å²) in [6.07, 6.45) is 1.80. The minimum absolute atomic E-state index is 0.0310. The molecule has 0 aliphatic carbocycles. The van der Waals surface area contributed by atoms with E-state index in [1.807, 2.05) is 25.1 Å². The van der Waals surface area contributed by atoms with Crippen LogP contribution in [-0.2, 0) is 0 Å². The van der Waals surface area contributed by atoms with Gasteiger partial charge in [-0.3, -0.25) is 5.32 Å². The van der Waals surface area contributed by atoms with Crippen LogP contribution in [0.5, 0.6) is 5.75 Å². The number of esters is 1. The van der Waals surface area contributed by atoms with Gasteiger partial charge in [-0.2, -0.15) is 10.5 Å². The van der Waals surface area contributed by atoms with Gasteiger partial charge in [0.15, 0.2) is 6.19 Å². The molecule has 1 unspecified atom stereocenters. The highest BCUT2D eigenvalue weighted by Gasteiger charge is 2.29. The topological polar surface area (TPSA) is 175 Å². The Morgan fingerprint density at radius 2 is 1.82 bits per heavy atom. The number of aryl methyl sites for hydroxylation is 1. The maximum Gasteiger partial charge on any atom is 0.343 e. The molecular weight excluding hydrogens is 420 g/mol. The fourth-order valence-electron chi connectivity index (χ4n) is 3.40. The van der Waals surface area contributed by atoms with Gasteiger partial charge in [0.25, 0.3) is 0 Å². The first-order valence-corrected chi connectivity index (χ1v) is 9.79. The van der Waals surface area contributed by atoms with E-state index in [1.54, 1.807) is 42.6 Å². The average Bonchev–Trinajstić information content (AvgIpc) is 2.80. The minimum Gasteiger partial charge on any atom is -0.423 e. The van der Waals surface area contributed by atoms with Crippen molar-refractivity contribution in [1.29, 1.82) is 10.5 Å². The van der Waals surface area contributed by atoms with E-state index >= 15 is 0 Å². The molecule has 162 valence electrons. The number of nitrogens with two attached hydrogens (primary N) is 2. The van der Waals surface area contributed by atoms with Crippen LogP contribution in [0.25, 0.3) is 0 Å². The summed E-state index contributed by atoms with van der Waals surface area (Å²) in [5, 5.41) is 23.7. The number of hydrogen-bond donors (Lipinski definition) is 4. The van der Waals surface area contributed by atoms with Crippen molar-refractivity contribution >= 4 is 29.3 Å². The third kappa shape index (κ3) is 4.09. The van der Waals surface area contributed by atoms with Gasteiger partial charge >= 0.3 is 5.97 Å². The molecule has 0 radical (unpaired) electrons. The lowest BCUT2D eigenvalue weighted by molar-refractivity contribution is 0.0734. The van der Waals surface area contributed by atoms with Crippen LogP contribution in [0.15, 0.2) is 53.5 Å². The van der Waals surface area contributed by atoms with Crippen molar-refractivity contribution in [3.63, 3.8) is 0 Å². The number of pyridine rings is 1. The van der Waals surface area contributed by atoms with E-state index in [0.717, 1.165) is 5.56 Å². The van der Waals surface area contributed by atoms with Gasteiger partial charge in [-0.25, -0.2) is 14.8 Å². The number of aromatic nitrogens is 1. The van der Waals surface area contributed by atoms with Crippen molar-refractivity contribution in [1.82, 2.24) is 10.3 Å². The van der Waals surface area contributed by atoms with E-state index in [9.17, 15) is 10.1 Å². The van der Waals surface area contributed by atoms with Gasteiger partial charge in [0.1, 0.15) is 35.1 Å². The van der Waals surface area contributed by atoms with Crippen molar-refractivity contribution in [2.45, 2.75) is 13.0 Å². The largest absolute Gasteiger partial charge is 0.423 e. The van der Waals surface area contributed by atoms with Crippen LogP contribution in [0.1, 0.15) is 38.7 Å². The third-order valence-electron chi connectivity index (χ3n) is 5.05. The zero-order valence-corrected chi connectivity index (χ0v) is 17.5. The molecule has 10 heteroatoms. The first-order chi connectivity index (χ1) is 15.9. The SMILES string of the molecule is Cc1ccc(C(=O)Oc2ccc(C3N=C(NC#N)Nc4nc(N)c(C#N)c(N)c43)cc2)cc1. The third-order valence-corrected chi connectivity index (χ3v) is 5.05. The van der Waals surface area contributed by atoms with Crippen molar-refractivity contribution in [2.24, 2.45) is 4.99 Å². The number of nitrogen functional groups attached to an aromatic ring is 2. The number of ether oxygens (including phenoxy) is 1. The number of nitriles is 2. The molecule has 0 spiro atoms. The fraction of sp³-hybridized carbons (Fsp3) is 0.0870. The highest BCUT2D eigenvalue weighted by Crippen LogP contribution is 2.40. The summed E-state index contributed by atoms with van der Waals surface area (Å²) in [6.45, 7) is 1.93. The fourth-order valence-corrected chi connectivity index (χ4v) is 3.40. The Balaban J connectivity index is 1.67. The van der Waals surface area contributed by atoms with Gasteiger partial charge < -0.3 is 21.5 Å². The molecule has 10 nitrogen and oxygen atoms in total. The second-order valence-corrected chi connectivity index (χ2v) is 7.23. The standard InChI is InChI=1S/C23H18N8O2/c1-12-2-4-14(5-3-12)22(32)33-15-8-6-13(7-9-15)19-17-18(26)16(10-24)20(27)30-21(17)31-23(29-19)28-11-25/h2-9,19H,1H3,(H6,26,27,28,29,30,31). The monoisotopic (exact) mass is 438 g/mol. The Morgan fingerprint density at radius 3 is 2.45 bits per heavy atom. The number of carbonyl (C=O) groups is 1. The second kappa shape index (κ2) is 8.57. The maximum absolute atomic E-state index is 12.4. The number of nitrogens with one attached hydrogen (secondary N) is 2. The molecule has 6 N–H and O–H groups in total. The van der Waals surface area contributed by atoms with E-state index in [4.69, 9.17) is 21.5 Å². The molecule has 1 aliphatic rings. The van der Waals surface area contributed by atoms with Crippen LogP contribution >= 0.6 is 0 Å². The lowest BCUT2D eigenvalue weighted by atomic mass is 9.95. The predicted octanol–water partition coefficient (Wildman–Crippen LogP) is 2.59. The van der Waals surface area contributed by atoms with E-state index < -0.39 is 12.0 Å². The number of fused-ring (bicyclic) bond motifs is 1. The first kappa shape index (κ1) is 21.2. The van der Waals surface area contributed by atoms with Gasteiger partial charge in [0.05, 0.1) is 11.3 Å². The molecular formula is C23H18N8O2. The van der Waals surface area contributed by atoms with Crippen LogP contribution in [0, 0.1) is 29.7 Å². The second-order valence-electron chi connectivity index (χ2n) is 7.23. The van der Waals surface area contributed by atoms with Gasteiger partial charge in [0.2, 0.25) is 5.96 Å². The van der Waals surface area contributed by atoms with Crippen molar-refractivity contribution in [2.75, 3.05) is 16.8 Å². The molecule has 4 rings (SSSR count). The Bertz CT molecular complexity index is 1350. The van der Waals surface area contributed by atoms with Crippen LogP contribution in [0.4, 0.5) is 17.3 Å². The summed E-state index contributed by atoms with van der Waals surface area (Å²) in [4.78, 5) is 21.1. The zero-order valence-electron chi connectivity index (χ0n) is 17.5. The van der Waals surface area contributed by atoms with E-state index in [0.29, 0.717) is 22.4 Å². The minimum atomic E-state index is -0.681. The van der Waals surface area contributed by atoms with Crippen molar-refractivity contribution in [3.8, 4) is 18.0 Å². The first-order valence-electron chi connectivity index (χ1n) is 9.79. The molecule has 2 aromatic carbocycles. The summed E-state index contributed by atoms with van der Waals surface area (Å²) < 4.78 is 5.45. The van der Waals surface area contributed by atoms with E-state index in [1.165, 1.54) is 0 Å². The maximum atomic E-state index is 12.4. The summed E-state index contributed by atoms with van der Waals surface area (Å²) in [5.41, 5.74) is 14.9. The molecule has 3 aromatic rings. The normalized spacial score (nSPS) is 14.0. The van der Waals surface area contributed by atoms with Crippen LogP contribution in [-0.4, -0.2) is 16.9 Å². The van der Waals surface area contributed by atoms with Crippen LogP contribution in [0.2, 0.25) is 0 Å². The number of nitrogens with zero attached hydrogens (tertiary/aromatic N) is 4. The number of guanidine groups is 1. The molecule has 0 fully saturated rings. The zero-order chi connectivity index (χ0) is 23.5. The number of hydrogen-bond acceptors (Lipinski definition) is 10. The number of anilines is 3. The Morgan fingerprint density at radius 1 is 1.12 bits per heavy atom. The van der Waals surface area contributed by atoms with Crippen LogP contribution < -0.4 is 26.8 Å². The molecule has 0 saturated heterocycles. The molecule has 33 heavy (non-hydrogen) atoms. The van der Waals surface area contributed by atoms with Gasteiger partial charge in [-0.1, -0.05) is 29.8 Å². The smallest absolute Gasteiger partial charge is 0.343 e. The van der Waals surface area contributed by atoms with Crippen molar-refractivity contribution in [3.05, 3.63) is 76.3 Å². The molecule has 2 heterocycles. The highest BCUT2D eigenvalue weighted by atomic mass is 16.5. The van der Waals surface area contributed by atoms with E-state index in [-0.39, 0.29) is 28.8 Å².